The van der Waals surface area contributed by atoms with Crippen molar-refractivity contribution >= 4 is 23.3 Å². The molecule has 0 N–H and O–H groups in total. The van der Waals surface area contributed by atoms with E-state index in [-0.39, 0.29) is 11.8 Å². The topological polar surface area (TPSA) is 32.7 Å². The molecule has 0 aliphatic carbocycles. The van der Waals surface area contributed by atoms with E-state index in [1.54, 1.807) is 19.0 Å². The first-order chi connectivity index (χ1) is 4.57. The SMILES string of the molecule is CC(=O)N=C(CCl)N(C)C. The summed E-state index contributed by atoms with van der Waals surface area (Å²) in [4.78, 5) is 15.8. The van der Waals surface area contributed by atoms with Gasteiger partial charge in [0.1, 0.15) is 5.84 Å². The summed E-state index contributed by atoms with van der Waals surface area (Å²) in [6, 6.07) is 0. The van der Waals surface area contributed by atoms with Crippen molar-refractivity contribution in [1.29, 1.82) is 0 Å². The monoisotopic (exact) mass is 162 g/mol. The molecule has 0 fully saturated rings. The molecule has 0 rings (SSSR count). The van der Waals surface area contributed by atoms with E-state index in [9.17, 15) is 4.79 Å². The van der Waals surface area contributed by atoms with Crippen LogP contribution in [0.25, 0.3) is 0 Å². The van der Waals surface area contributed by atoms with Crippen molar-refractivity contribution in [2.24, 2.45) is 4.99 Å². The van der Waals surface area contributed by atoms with Crippen molar-refractivity contribution in [1.82, 2.24) is 4.90 Å². The number of aliphatic imine (C=N–C) groups is 1. The van der Waals surface area contributed by atoms with Crippen molar-refractivity contribution in [3.05, 3.63) is 0 Å². The minimum Gasteiger partial charge on any atom is -0.365 e. The minimum absolute atomic E-state index is 0.218. The Bertz CT molecular complexity index is 154. The Balaban J connectivity index is 4.18. The predicted octanol–water partition coefficient (Wildman–Crippen LogP) is 0.732. The van der Waals surface area contributed by atoms with Gasteiger partial charge < -0.3 is 4.90 Å². The van der Waals surface area contributed by atoms with Crippen molar-refractivity contribution in [3.63, 3.8) is 0 Å². The Morgan fingerprint density at radius 3 is 2.20 bits per heavy atom. The number of nitrogens with zero attached hydrogens (tertiary/aromatic N) is 2. The molecule has 0 bridgehead atoms. The van der Waals surface area contributed by atoms with Crippen molar-refractivity contribution in [2.45, 2.75) is 6.92 Å². The third-order valence-corrected chi connectivity index (χ3v) is 1.16. The van der Waals surface area contributed by atoms with Crippen LogP contribution in [0.15, 0.2) is 4.99 Å². The first-order valence-electron chi connectivity index (χ1n) is 2.89. The minimum atomic E-state index is -0.218. The number of amides is 1. The summed E-state index contributed by atoms with van der Waals surface area (Å²) in [5.74, 6) is 0.644. The van der Waals surface area contributed by atoms with Gasteiger partial charge in [0.15, 0.2) is 0 Å². The summed E-state index contributed by atoms with van der Waals surface area (Å²) in [7, 11) is 3.59. The van der Waals surface area contributed by atoms with Gasteiger partial charge in [-0.05, 0) is 0 Å². The Morgan fingerprint density at radius 1 is 1.60 bits per heavy atom. The van der Waals surface area contributed by atoms with E-state index in [0.717, 1.165) is 0 Å². The van der Waals surface area contributed by atoms with Crippen LogP contribution in [0.5, 0.6) is 0 Å². The van der Waals surface area contributed by atoms with Gasteiger partial charge in [0.25, 0.3) is 0 Å². The van der Waals surface area contributed by atoms with Gasteiger partial charge in [-0.15, -0.1) is 11.6 Å². The Kier molecular flexibility index (Phi) is 4.03. The molecule has 0 atom stereocenters. The van der Waals surface area contributed by atoms with Crippen LogP contribution < -0.4 is 0 Å². The summed E-state index contributed by atoms with van der Waals surface area (Å²) in [5, 5.41) is 0. The fourth-order valence-electron chi connectivity index (χ4n) is 0.431. The maximum absolute atomic E-state index is 10.4. The molecule has 1 amide bonds. The van der Waals surface area contributed by atoms with Crippen LogP contribution in [0.3, 0.4) is 0 Å². The lowest BCUT2D eigenvalue weighted by molar-refractivity contribution is -0.115. The molecule has 0 aromatic heterocycles. The number of carbonyl (C=O) groups is 1. The van der Waals surface area contributed by atoms with Gasteiger partial charge in [0, 0.05) is 21.0 Å². The standard InChI is InChI=1S/C6H11ClN2O/c1-5(10)8-6(4-7)9(2)3/h4H2,1-3H3. The van der Waals surface area contributed by atoms with E-state index in [1.807, 2.05) is 0 Å². The molecule has 4 heteroatoms. The normalized spacial score (nSPS) is 11.4. The van der Waals surface area contributed by atoms with Crippen molar-refractivity contribution in [2.75, 3.05) is 20.0 Å². The maximum atomic E-state index is 10.4. The molecule has 0 saturated heterocycles. The number of alkyl halides is 1. The van der Waals surface area contributed by atoms with Gasteiger partial charge in [-0.25, -0.2) is 0 Å². The Hall–Kier alpha value is -0.570. The highest BCUT2D eigenvalue weighted by Crippen LogP contribution is 1.88. The van der Waals surface area contributed by atoms with E-state index < -0.39 is 0 Å². The average molecular weight is 163 g/mol. The molecular weight excluding hydrogens is 152 g/mol. The van der Waals surface area contributed by atoms with Crippen LogP contribution in [-0.2, 0) is 4.79 Å². The van der Waals surface area contributed by atoms with Crippen LogP contribution >= 0.6 is 11.6 Å². The van der Waals surface area contributed by atoms with Gasteiger partial charge in [0.05, 0.1) is 5.88 Å². The van der Waals surface area contributed by atoms with Gasteiger partial charge in [0.2, 0.25) is 5.91 Å². The third kappa shape index (κ3) is 3.45. The number of halogens is 1. The van der Waals surface area contributed by atoms with Crippen molar-refractivity contribution < 1.29 is 4.79 Å². The molecule has 58 valence electrons. The lowest BCUT2D eigenvalue weighted by atomic mass is 10.6. The summed E-state index contributed by atoms with van der Waals surface area (Å²) in [5.41, 5.74) is 0. The van der Waals surface area contributed by atoms with E-state index in [2.05, 4.69) is 4.99 Å². The largest absolute Gasteiger partial charge is 0.365 e. The third-order valence-electron chi connectivity index (χ3n) is 0.922. The van der Waals surface area contributed by atoms with E-state index in [1.165, 1.54) is 6.92 Å². The molecule has 0 saturated carbocycles. The molecule has 0 heterocycles. The number of hydrogen-bond donors (Lipinski definition) is 0. The van der Waals surface area contributed by atoms with Crippen LogP contribution in [0.1, 0.15) is 6.92 Å². The second-order valence-electron chi connectivity index (χ2n) is 2.08. The molecule has 0 spiro atoms. The summed E-state index contributed by atoms with van der Waals surface area (Å²) < 4.78 is 0. The summed E-state index contributed by atoms with van der Waals surface area (Å²) in [6.07, 6.45) is 0. The van der Waals surface area contributed by atoms with Gasteiger partial charge in [-0.1, -0.05) is 0 Å². The average Bonchev–Trinajstić information content (AvgIpc) is 1.81. The number of rotatable bonds is 1. The molecular formula is C6H11ClN2O. The molecule has 3 nitrogen and oxygen atoms in total. The highest BCUT2D eigenvalue weighted by Gasteiger charge is 1.99. The second kappa shape index (κ2) is 4.28. The zero-order valence-electron chi connectivity index (χ0n) is 6.39. The molecule has 0 unspecified atom stereocenters. The quantitative estimate of drug-likeness (QED) is 0.324. The van der Waals surface area contributed by atoms with Crippen LogP contribution in [-0.4, -0.2) is 36.6 Å². The Morgan fingerprint density at radius 2 is 2.10 bits per heavy atom. The van der Waals surface area contributed by atoms with Crippen LogP contribution in [0, 0.1) is 0 Å². The van der Waals surface area contributed by atoms with Gasteiger partial charge >= 0.3 is 0 Å². The molecule has 0 aromatic rings. The lowest BCUT2D eigenvalue weighted by Gasteiger charge is -2.11. The zero-order valence-corrected chi connectivity index (χ0v) is 7.14. The number of hydrogen-bond acceptors (Lipinski definition) is 1. The molecule has 10 heavy (non-hydrogen) atoms. The highest BCUT2D eigenvalue weighted by molar-refractivity contribution is 6.28. The fraction of sp³-hybridized carbons (Fsp3) is 0.667. The number of carbonyl (C=O) groups excluding carboxylic acids is 1. The predicted molar refractivity (Wildman–Crippen MR) is 42.5 cm³/mol. The van der Waals surface area contributed by atoms with E-state index in [4.69, 9.17) is 11.6 Å². The summed E-state index contributed by atoms with van der Waals surface area (Å²) in [6.45, 7) is 1.40. The first kappa shape index (κ1) is 9.43. The van der Waals surface area contributed by atoms with E-state index in [0.29, 0.717) is 5.84 Å². The van der Waals surface area contributed by atoms with Crippen LogP contribution in [0.4, 0.5) is 0 Å². The number of amidine groups is 1. The zero-order chi connectivity index (χ0) is 8.15. The smallest absolute Gasteiger partial charge is 0.244 e. The molecule has 0 aliphatic heterocycles. The van der Waals surface area contributed by atoms with Crippen LogP contribution in [0.2, 0.25) is 0 Å². The second-order valence-corrected chi connectivity index (χ2v) is 2.34. The molecule has 0 radical (unpaired) electrons. The van der Waals surface area contributed by atoms with Crippen molar-refractivity contribution in [3.8, 4) is 0 Å². The fourth-order valence-corrected chi connectivity index (χ4v) is 0.730. The molecule has 0 aromatic carbocycles. The van der Waals surface area contributed by atoms with Gasteiger partial charge in [-0.3, -0.25) is 4.79 Å². The van der Waals surface area contributed by atoms with Gasteiger partial charge in [-0.2, -0.15) is 4.99 Å². The highest BCUT2D eigenvalue weighted by atomic mass is 35.5. The van der Waals surface area contributed by atoms with E-state index >= 15 is 0 Å². The maximum Gasteiger partial charge on any atom is 0.244 e. The Labute approximate surface area is 65.7 Å². The first-order valence-corrected chi connectivity index (χ1v) is 3.42. The lowest BCUT2D eigenvalue weighted by Crippen LogP contribution is -2.24. The summed E-state index contributed by atoms with van der Waals surface area (Å²) >= 11 is 5.48. The molecule has 0 aliphatic rings.